The molecule has 1 atom stereocenters. The molecule has 1 fully saturated rings. The van der Waals surface area contributed by atoms with Crippen molar-refractivity contribution in [2.45, 2.75) is 19.3 Å². The number of rotatable bonds is 1. The third-order valence-electron chi connectivity index (χ3n) is 3.27. The molecule has 88 valence electrons. The lowest BCUT2D eigenvalue weighted by atomic mass is 9.90. The molecule has 1 aliphatic rings. The molecule has 1 saturated heterocycles. The molecule has 0 spiro atoms. The number of hydrogen-bond acceptors (Lipinski definition) is 4. The van der Waals surface area contributed by atoms with E-state index < -0.39 is 0 Å². The molecule has 3 nitrogen and oxygen atoms in total. The van der Waals surface area contributed by atoms with Gasteiger partial charge >= 0.3 is 0 Å². The molecular formula is C13H14N2OS. The van der Waals surface area contributed by atoms with Gasteiger partial charge < -0.3 is 5.32 Å². The van der Waals surface area contributed by atoms with Crippen molar-refractivity contribution in [1.82, 2.24) is 10.3 Å². The van der Waals surface area contributed by atoms with E-state index in [2.05, 4.69) is 21.7 Å². The van der Waals surface area contributed by atoms with Gasteiger partial charge in [-0.2, -0.15) is 0 Å². The van der Waals surface area contributed by atoms with Gasteiger partial charge in [0.1, 0.15) is 10.6 Å². The second-order valence-corrected chi connectivity index (χ2v) is 5.33. The van der Waals surface area contributed by atoms with Crippen LogP contribution in [-0.2, 0) is 4.79 Å². The van der Waals surface area contributed by atoms with E-state index in [-0.39, 0.29) is 5.92 Å². The summed E-state index contributed by atoms with van der Waals surface area (Å²) in [7, 11) is 0. The molecule has 2 aromatic heterocycles. The van der Waals surface area contributed by atoms with Crippen LogP contribution in [0, 0.1) is 6.92 Å². The van der Waals surface area contributed by atoms with E-state index >= 15 is 0 Å². The molecule has 0 aliphatic carbocycles. The minimum Gasteiger partial charge on any atom is -0.315 e. The summed E-state index contributed by atoms with van der Waals surface area (Å²) in [5, 5.41) is 6.52. The Hall–Kier alpha value is -1.26. The van der Waals surface area contributed by atoms with Crippen LogP contribution >= 0.6 is 11.3 Å². The predicted octanol–water partition coefficient (Wildman–Crippen LogP) is 2.25. The predicted molar refractivity (Wildman–Crippen MR) is 69.6 cm³/mol. The van der Waals surface area contributed by atoms with Crippen LogP contribution in [0.2, 0.25) is 0 Å². The minimum absolute atomic E-state index is 0.0157. The minimum atomic E-state index is 0.0157. The lowest BCUT2D eigenvalue weighted by Crippen LogP contribution is -2.35. The van der Waals surface area contributed by atoms with E-state index in [4.69, 9.17) is 0 Å². The Balaban J connectivity index is 2.08. The molecule has 1 unspecified atom stereocenters. The maximum absolute atomic E-state index is 11.9. The number of aryl methyl sites for hydroxylation is 1. The Morgan fingerprint density at radius 1 is 1.47 bits per heavy atom. The van der Waals surface area contributed by atoms with Crippen molar-refractivity contribution in [3.63, 3.8) is 0 Å². The quantitative estimate of drug-likeness (QED) is 0.839. The zero-order valence-electron chi connectivity index (χ0n) is 9.69. The van der Waals surface area contributed by atoms with Crippen LogP contribution in [0.25, 0.3) is 10.2 Å². The number of fused-ring (bicyclic) bond motifs is 1. The topological polar surface area (TPSA) is 42.0 Å². The number of aromatic nitrogens is 1. The van der Waals surface area contributed by atoms with E-state index in [0.29, 0.717) is 12.2 Å². The highest BCUT2D eigenvalue weighted by Gasteiger charge is 2.26. The van der Waals surface area contributed by atoms with Gasteiger partial charge in [-0.05, 0) is 30.0 Å². The van der Waals surface area contributed by atoms with Gasteiger partial charge in [0.05, 0.1) is 5.92 Å². The summed E-state index contributed by atoms with van der Waals surface area (Å²) >= 11 is 1.63. The molecule has 0 bridgehead atoms. The maximum atomic E-state index is 11.9. The van der Waals surface area contributed by atoms with Gasteiger partial charge in [-0.25, -0.2) is 4.98 Å². The molecule has 0 saturated carbocycles. The van der Waals surface area contributed by atoms with Crippen LogP contribution in [0.4, 0.5) is 0 Å². The zero-order valence-corrected chi connectivity index (χ0v) is 10.5. The molecule has 0 amide bonds. The number of pyridine rings is 1. The van der Waals surface area contributed by atoms with Gasteiger partial charge in [-0.3, -0.25) is 4.79 Å². The molecule has 0 radical (unpaired) electrons. The average molecular weight is 246 g/mol. The Labute approximate surface area is 104 Å². The molecule has 17 heavy (non-hydrogen) atoms. The summed E-state index contributed by atoms with van der Waals surface area (Å²) < 4.78 is 0. The van der Waals surface area contributed by atoms with Gasteiger partial charge in [0, 0.05) is 30.6 Å². The highest BCUT2D eigenvalue weighted by Crippen LogP contribution is 2.32. The first-order valence-electron chi connectivity index (χ1n) is 5.84. The molecule has 1 aliphatic heterocycles. The first kappa shape index (κ1) is 10.9. The third kappa shape index (κ3) is 1.87. The Morgan fingerprint density at radius 3 is 3.18 bits per heavy atom. The number of carbonyl (C=O) groups is 1. The zero-order chi connectivity index (χ0) is 11.8. The van der Waals surface area contributed by atoms with Gasteiger partial charge in [0.25, 0.3) is 0 Å². The van der Waals surface area contributed by atoms with Crippen LogP contribution < -0.4 is 5.32 Å². The number of nitrogens with one attached hydrogen (secondary N) is 1. The summed E-state index contributed by atoms with van der Waals surface area (Å²) in [6.07, 6.45) is 0.640. The fourth-order valence-electron chi connectivity index (χ4n) is 2.32. The van der Waals surface area contributed by atoms with E-state index in [1.165, 1.54) is 0 Å². The van der Waals surface area contributed by atoms with E-state index in [0.717, 1.165) is 34.6 Å². The molecule has 3 heterocycles. The number of hydrogen-bond donors (Lipinski definition) is 1. The highest BCUT2D eigenvalue weighted by molar-refractivity contribution is 7.17. The fourth-order valence-corrected chi connectivity index (χ4v) is 3.36. The molecule has 3 rings (SSSR count). The van der Waals surface area contributed by atoms with Crippen LogP contribution in [0.5, 0.6) is 0 Å². The van der Waals surface area contributed by atoms with Crippen LogP contribution in [0.1, 0.15) is 23.6 Å². The van der Waals surface area contributed by atoms with Crippen LogP contribution in [-0.4, -0.2) is 23.9 Å². The number of nitrogens with zero attached hydrogens (tertiary/aromatic N) is 1. The van der Waals surface area contributed by atoms with Gasteiger partial charge in [0.2, 0.25) is 0 Å². The van der Waals surface area contributed by atoms with Gasteiger partial charge in [0.15, 0.2) is 0 Å². The third-order valence-corrected chi connectivity index (χ3v) is 4.17. The van der Waals surface area contributed by atoms with Crippen molar-refractivity contribution >= 4 is 27.3 Å². The largest absolute Gasteiger partial charge is 0.315 e. The Bertz CT molecular complexity index is 576. The van der Waals surface area contributed by atoms with Crippen molar-refractivity contribution in [2.24, 2.45) is 0 Å². The second kappa shape index (κ2) is 4.20. The summed E-state index contributed by atoms with van der Waals surface area (Å²) in [5.74, 6) is 0.367. The molecule has 1 N–H and O–H groups in total. The smallest absolute Gasteiger partial charge is 0.142 e. The number of Topliss-reactive ketones (excluding diaryl/α,β-unsaturated/α-hetero) is 1. The van der Waals surface area contributed by atoms with Crippen LogP contribution in [0.15, 0.2) is 17.5 Å². The Morgan fingerprint density at radius 2 is 2.35 bits per heavy atom. The van der Waals surface area contributed by atoms with E-state index in [1.807, 2.05) is 13.0 Å². The highest BCUT2D eigenvalue weighted by atomic mass is 32.1. The van der Waals surface area contributed by atoms with Crippen molar-refractivity contribution in [3.05, 3.63) is 28.8 Å². The summed E-state index contributed by atoms with van der Waals surface area (Å²) in [4.78, 5) is 17.5. The number of carbonyl (C=O) groups excluding carboxylic acids is 1. The average Bonchev–Trinajstić information content (AvgIpc) is 2.72. The molecule has 0 aromatic carbocycles. The first-order chi connectivity index (χ1) is 8.25. The normalized spacial score (nSPS) is 21.0. The van der Waals surface area contributed by atoms with Crippen LogP contribution in [0.3, 0.4) is 0 Å². The van der Waals surface area contributed by atoms with Gasteiger partial charge in [-0.1, -0.05) is 0 Å². The number of ketones is 1. The Kier molecular flexibility index (Phi) is 2.68. The number of piperidine rings is 1. The lowest BCUT2D eigenvalue weighted by Gasteiger charge is -2.21. The van der Waals surface area contributed by atoms with Crippen molar-refractivity contribution in [2.75, 3.05) is 13.1 Å². The summed E-state index contributed by atoms with van der Waals surface area (Å²) in [6.45, 7) is 3.57. The van der Waals surface area contributed by atoms with E-state index in [1.54, 1.807) is 11.3 Å². The van der Waals surface area contributed by atoms with Gasteiger partial charge in [-0.15, -0.1) is 11.3 Å². The van der Waals surface area contributed by atoms with E-state index in [9.17, 15) is 4.79 Å². The summed E-state index contributed by atoms with van der Waals surface area (Å²) in [6, 6.07) is 4.10. The first-order valence-corrected chi connectivity index (χ1v) is 6.72. The summed E-state index contributed by atoms with van der Waals surface area (Å²) in [5.41, 5.74) is 2.17. The van der Waals surface area contributed by atoms with Crippen molar-refractivity contribution in [1.29, 1.82) is 0 Å². The monoisotopic (exact) mass is 246 g/mol. The van der Waals surface area contributed by atoms with Crippen molar-refractivity contribution < 1.29 is 4.79 Å². The second-order valence-electron chi connectivity index (χ2n) is 4.47. The SMILES string of the molecule is Cc1ccc2c(C3CNCCC3=O)csc2n1. The lowest BCUT2D eigenvalue weighted by molar-refractivity contribution is -0.121. The van der Waals surface area contributed by atoms with Crippen molar-refractivity contribution in [3.8, 4) is 0 Å². The molecule has 2 aromatic rings. The molecule has 4 heteroatoms. The molecular weight excluding hydrogens is 232 g/mol. The fraction of sp³-hybridized carbons (Fsp3) is 0.385. The number of thiophene rings is 1. The maximum Gasteiger partial charge on any atom is 0.142 e. The standard InChI is InChI=1S/C13H14N2OS/c1-8-2-3-9-11(7-17-13(9)15-8)10-6-14-5-4-12(10)16/h2-3,7,10,14H,4-6H2,1H3.